The summed E-state index contributed by atoms with van der Waals surface area (Å²) >= 11 is 1.58. The Morgan fingerprint density at radius 1 is 1.41 bits per heavy atom. The van der Waals surface area contributed by atoms with E-state index in [1.807, 2.05) is 35.7 Å². The minimum Gasteiger partial charge on any atom is -0.453 e. The predicted molar refractivity (Wildman–Crippen MR) is 83.5 cm³/mol. The molecule has 0 aliphatic carbocycles. The third-order valence-corrected chi connectivity index (χ3v) is 4.13. The van der Waals surface area contributed by atoms with Crippen molar-refractivity contribution in [3.05, 3.63) is 35.2 Å². The summed E-state index contributed by atoms with van der Waals surface area (Å²) in [5.74, 6) is -0.415. The second kappa shape index (κ2) is 7.43. The smallest absolute Gasteiger partial charge is 0.407 e. The van der Waals surface area contributed by atoms with Crippen LogP contribution in [0.1, 0.15) is 5.56 Å². The molecule has 1 unspecified atom stereocenters. The Labute approximate surface area is 131 Å². The molecule has 0 aliphatic heterocycles. The van der Waals surface area contributed by atoms with Gasteiger partial charge in [-0.25, -0.2) is 4.79 Å². The molecule has 0 fully saturated rings. The van der Waals surface area contributed by atoms with Crippen LogP contribution in [0.3, 0.4) is 0 Å². The predicted octanol–water partition coefficient (Wildman–Crippen LogP) is 1.81. The number of nitrogens with one attached hydrogen (secondary N) is 2. The third kappa shape index (κ3) is 3.74. The maximum absolute atomic E-state index is 12.1. The molecule has 0 saturated heterocycles. The second-order valence-corrected chi connectivity index (χ2v) is 5.44. The average molecular weight is 317 g/mol. The van der Waals surface area contributed by atoms with Crippen molar-refractivity contribution in [2.45, 2.75) is 12.5 Å². The van der Waals surface area contributed by atoms with Crippen LogP contribution in [-0.2, 0) is 16.0 Å². The van der Waals surface area contributed by atoms with E-state index in [1.165, 1.54) is 7.11 Å². The number of thiophene rings is 1. The van der Waals surface area contributed by atoms with E-state index in [4.69, 9.17) is 5.26 Å². The highest BCUT2D eigenvalue weighted by atomic mass is 32.1. The largest absolute Gasteiger partial charge is 0.453 e. The molecule has 2 aromatic rings. The van der Waals surface area contributed by atoms with E-state index < -0.39 is 18.0 Å². The van der Waals surface area contributed by atoms with Crippen LogP contribution in [0.25, 0.3) is 10.1 Å². The number of carbonyl (C=O) groups excluding carboxylic acids is 2. The lowest BCUT2D eigenvalue weighted by atomic mass is 10.0. The van der Waals surface area contributed by atoms with Gasteiger partial charge in [0.25, 0.3) is 0 Å². The first-order valence-corrected chi connectivity index (χ1v) is 7.48. The Bertz CT molecular complexity index is 720. The zero-order chi connectivity index (χ0) is 15.9. The van der Waals surface area contributed by atoms with Crippen LogP contribution in [0.5, 0.6) is 0 Å². The quantitative estimate of drug-likeness (QED) is 0.823. The number of ether oxygens (including phenoxy) is 1. The van der Waals surface area contributed by atoms with E-state index in [0.717, 1.165) is 15.6 Å². The van der Waals surface area contributed by atoms with Gasteiger partial charge >= 0.3 is 6.09 Å². The summed E-state index contributed by atoms with van der Waals surface area (Å²) in [7, 11) is 1.24. The highest BCUT2D eigenvalue weighted by Gasteiger charge is 2.22. The number of carbonyl (C=O) groups is 2. The summed E-state index contributed by atoms with van der Waals surface area (Å²) in [6, 6.07) is 8.90. The number of fused-ring (bicyclic) bond motifs is 1. The summed E-state index contributed by atoms with van der Waals surface area (Å²) < 4.78 is 5.67. The van der Waals surface area contributed by atoms with E-state index in [9.17, 15) is 9.59 Å². The Kier molecular flexibility index (Phi) is 5.33. The number of nitrogens with zero attached hydrogens (tertiary/aromatic N) is 1. The van der Waals surface area contributed by atoms with Gasteiger partial charge in [-0.1, -0.05) is 18.2 Å². The van der Waals surface area contributed by atoms with Crippen molar-refractivity contribution in [3.63, 3.8) is 0 Å². The zero-order valence-corrected chi connectivity index (χ0v) is 12.8. The highest BCUT2D eigenvalue weighted by molar-refractivity contribution is 7.17. The molecule has 0 radical (unpaired) electrons. The molecule has 2 rings (SSSR count). The van der Waals surface area contributed by atoms with Crippen molar-refractivity contribution < 1.29 is 14.3 Å². The van der Waals surface area contributed by atoms with Gasteiger partial charge in [-0.3, -0.25) is 4.79 Å². The van der Waals surface area contributed by atoms with Crippen LogP contribution in [-0.4, -0.2) is 31.7 Å². The SMILES string of the molecule is COC(=O)NC(Cc1csc2ccccc12)C(=O)NCC#N. The van der Waals surface area contributed by atoms with Gasteiger partial charge in [0, 0.05) is 11.1 Å². The summed E-state index contributed by atoms with van der Waals surface area (Å²) in [6.45, 7) is -0.109. The Morgan fingerprint density at radius 3 is 2.91 bits per heavy atom. The fourth-order valence-corrected chi connectivity index (χ4v) is 3.05. The molecule has 0 saturated carbocycles. The molecule has 0 aliphatic rings. The maximum Gasteiger partial charge on any atom is 0.407 e. The van der Waals surface area contributed by atoms with Crippen molar-refractivity contribution in [1.29, 1.82) is 5.26 Å². The van der Waals surface area contributed by atoms with Crippen molar-refractivity contribution in [2.24, 2.45) is 0 Å². The summed E-state index contributed by atoms with van der Waals surface area (Å²) in [6.07, 6.45) is -0.354. The molecule has 1 atom stereocenters. The lowest BCUT2D eigenvalue weighted by Gasteiger charge is -2.16. The van der Waals surface area contributed by atoms with Crippen LogP contribution in [0, 0.1) is 11.3 Å². The number of amides is 2. The first-order chi connectivity index (χ1) is 10.7. The standard InChI is InChI=1S/C15H15N3O3S/c1-21-15(20)18-12(14(19)17-7-6-16)8-10-9-22-13-5-3-2-4-11(10)13/h2-5,9,12H,7-8H2,1H3,(H,17,19)(H,18,20). The van der Waals surface area contributed by atoms with Crippen molar-refractivity contribution in [1.82, 2.24) is 10.6 Å². The first kappa shape index (κ1) is 15.8. The number of benzene rings is 1. The van der Waals surface area contributed by atoms with Gasteiger partial charge in [0.15, 0.2) is 0 Å². The second-order valence-electron chi connectivity index (χ2n) is 4.53. The van der Waals surface area contributed by atoms with Gasteiger partial charge in [-0.2, -0.15) is 5.26 Å². The number of hydrogen-bond donors (Lipinski definition) is 2. The van der Waals surface area contributed by atoms with E-state index >= 15 is 0 Å². The molecule has 114 valence electrons. The molecule has 22 heavy (non-hydrogen) atoms. The monoisotopic (exact) mass is 317 g/mol. The van der Waals surface area contributed by atoms with Gasteiger partial charge in [0.05, 0.1) is 13.2 Å². The van der Waals surface area contributed by atoms with Crippen LogP contribution >= 0.6 is 11.3 Å². The van der Waals surface area contributed by atoms with E-state index in [-0.39, 0.29) is 6.54 Å². The third-order valence-electron chi connectivity index (χ3n) is 3.12. The average Bonchev–Trinajstić information content (AvgIpc) is 2.95. The van der Waals surface area contributed by atoms with Crippen molar-refractivity contribution in [3.8, 4) is 6.07 Å². The Balaban J connectivity index is 2.19. The molecule has 2 amide bonds. The molecule has 1 aromatic carbocycles. The Morgan fingerprint density at radius 2 is 2.18 bits per heavy atom. The van der Waals surface area contributed by atoms with Gasteiger partial charge in [0.2, 0.25) is 5.91 Å². The molecule has 2 N–H and O–H groups in total. The molecule has 1 heterocycles. The van der Waals surface area contributed by atoms with Crippen molar-refractivity contribution >= 4 is 33.4 Å². The lowest BCUT2D eigenvalue weighted by molar-refractivity contribution is -0.122. The fourth-order valence-electron chi connectivity index (χ4n) is 2.07. The Hall–Kier alpha value is -2.59. The molecule has 0 bridgehead atoms. The molecular weight excluding hydrogens is 302 g/mol. The molecule has 1 aromatic heterocycles. The molecular formula is C15H15N3O3S. The van der Waals surface area contributed by atoms with Crippen LogP contribution in [0.15, 0.2) is 29.6 Å². The molecule has 6 nitrogen and oxygen atoms in total. The number of nitriles is 1. The van der Waals surface area contributed by atoms with Gasteiger partial charge in [-0.15, -0.1) is 11.3 Å². The highest BCUT2D eigenvalue weighted by Crippen LogP contribution is 2.26. The summed E-state index contributed by atoms with van der Waals surface area (Å²) in [5.41, 5.74) is 0.967. The zero-order valence-electron chi connectivity index (χ0n) is 12.0. The maximum atomic E-state index is 12.1. The van der Waals surface area contributed by atoms with E-state index in [1.54, 1.807) is 11.3 Å². The number of methoxy groups -OCH3 is 1. The van der Waals surface area contributed by atoms with Crippen LogP contribution in [0.2, 0.25) is 0 Å². The fraction of sp³-hybridized carbons (Fsp3) is 0.267. The van der Waals surface area contributed by atoms with Gasteiger partial charge in [0.1, 0.15) is 12.6 Å². The van der Waals surface area contributed by atoms with Gasteiger partial charge in [-0.05, 0) is 22.4 Å². The van der Waals surface area contributed by atoms with Crippen LogP contribution < -0.4 is 10.6 Å². The number of alkyl carbamates (subject to hydrolysis) is 1. The number of hydrogen-bond acceptors (Lipinski definition) is 5. The molecule has 7 heteroatoms. The van der Waals surface area contributed by atoms with Crippen molar-refractivity contribution in [2.75, 3.05) is 13.7 Å². The molecule has 0 spiro atoms. The lowest BCUT2D eigenvalue weighted by Crippen LogP contribution is -2.48. The topological polar surface area (TPSA) is 91.2 Å². The van der Waals surface area contributed by atoms with E-state index in [2.05, 4.69) is 15.4 Å². The summed E-state index contributed by atoms with van der Waals surface area (Å²) in [5, 5.41) is 16.5. The van der Waals surface area contributed by atoms with Crippen LogP contribution in [0.4, 0.5) is 4.79 Å². The number of rotatable bonds is 5. The summed E-state index contributed by atoms with van der Waals surface area (Å²) in [4.78, 5) is 23.5. The van der Waals surface area contributed by atoms with Gasteiger partial charge < -0.3 is 15.4 Å². The normalized spacial score (nSPS) is 11.5. The van der Waals surface area contributed by atoms with E-state index in [0.29, 0.717) is 6.42 Å². The first-order valence-electron chi connectivity index (χ1n) is 6.60. The minimum absolute atomic E-state index is 0.109. The minimum atomic E-state index is -0.793.